The van der Waals surface area contributed by atoms with Gasteiger partial charge in [-0.05, 0) is 35.6 Å². The zero-order valence-electron chi connectivity index (χ0n) is 8.54. The van der Waals surface area contributed by atoms with Crippen molar-refractivity contribution in [2.75, 3.05) is 11.5 Å². The fourth-order valence-electron chi connectivity index (χ4n) is 1.23. The molecule has 0 aliphatic rings. The van der Waals surface area contributed by atoms with Crippen LogP contribution in [0.2, 0.25) is 0 Å². The maximum atomic E-state index is 12.8. The fourth-order valence-corrected chi connectivity index (χ4v) is 1.90. The van der Waals surface area contributed by atoms with Crippen molar-refractivity contribution in [3.05, 3.63) is 35.4 Å². The molecule has 0 aromatic heterocycles. The molecule has 0 aliphatic carbocycles. The van der Waals surface area contributed by atoms with E-state index in [1.54, 1.807) is 11.8 Å². The summed E-state index contributed by atoms with van der Waals surface area (Å²) in [5, 5.41) is 9.66. The van der Waals surface area contributed by atoms with E-state index < -0.39 is 17.7 Å². The maximum absolute atomic E-state index is 12.8. The highest BCUT2D eigenvalue weighted by atomic mass is 32.2. The van der Waals surface area contributed by atoms with Gasteiger partial charge in [-0.25, -0.2) is 8.78 Å². The molecule has 1 aromatic rings. The molecule has 0 bridgehead atoms. The van der Waals surface area contributed by atoms with E-state index in [1.165, 1.54) is 6.07 Å². The van der Waals surface area contributed by atoms with Gasteiger partial charge in [-0.1, -0.05) is 13.0 Å². The minimum absolute atomic E-state index is 0.436. The molecule has 0 fully saturated rings. The van der Waals surface area contributed by atoms with Gasteiger partial charge in [-0.3, -0.25) is 0 Å². The van der Waals surface area contributed by atoms with Gasteiger partial charge in [-0.15, -0.1) is 0 Å². The SMILES string of the molecule is CCSCCC(O)c1ccc(F)c(F)c1. The van der Waals surface area contributed by atoms with Crippen molar-refractivity contribution in [3.63, 3.8) is 0 Å². The number of aliphatic hydroxyl groups is 1. The third-order valence-corrected chi connectivity index (χ3v) is 3.00. The highest BCUT2D eigenvalue weighted by Crippen LogP contribution is 2.20. The first kappa shape index (κ1) is 12.5. The molecule has 0 amide bonds. The monoisotopic (exact) mass is 232 g/mol. The Morgan fingerprint density at radius 1 is 1.33 bits per heavy atom. The lowest BCUT2D eigenvalue weighted by molar-refractivity contribution is 0.174. The molecule has 0 radical (unpaired) electrons. The maximum Gasteiger partial charge on any atom is 0.159 e. The van der Waals surface area contributed by atoms with Crippen molar-refractivity contribution in [3.8, 4) is 0 Å². The first-order chi connectivity index (χ1) is 7.15. The predicted octanol–water partition coefficient (Wildman–Crippen LogP) is 3.14. The molecule has 1 atom stereocenters. The van der Waals surface area contributed by atoms with Crippen LogP contribution < -0.4 is 0 Å². The minimum Gasteiger partial charge on any atom is -0.388 e. The van der Waals surface area contributed by atoms with E-state index in [1.807, 2.05) is 6.92 Å². The molecular weight excluding hydrogens is 218 g/mol. The number of halogens is 2. The third kappa shape index (κ3) is 3.80. The van der Waals surface area contributed by atoms with E-state index >= 15 is 0 Å². The largest absolute Gasteiger partial charge is 0.388 e. The van der Waals surface area contributed by atoms with E-state index in [0.717, 1.165) is 23.6 Å². The molecule has 0 aliphatic heterocycles. The summed E-state index contributed by atoms with van der Waals surface area (Å²) in [4.78, 5) is 0. The van der Waals surface area contributed by atoms with Gasteiger partial charge in [-0.2, -0.15) is 11.8 Å². The highest BCUT2D eigenvalue weighted by Gasteiger charge is 2.10. The lowest BCUT2D eigenvalue weighted by Gasteiger charge is -2.10. The van der Waals surface area contributed by atoms with E-state index in [9.17, 15) is 13.9 Å². The number of benzene rings is 1. The first-order valence-electron chi connectivity index (χ1n) is 4.86. The van der Waals surface area contributed by atoms with Gasteiger partial charge in [0.05, 0.1) is 6.10 Å². The zero-order chi connectivity index (χ0) is 11.3. The van der Waals surface area contributed by atoms with Crippen LogP contribution in [0.15, 0.2) is 18.2 Å². The van der Waals surface area contributed by atoms with E-state index in [-0.39, 0.29) is 0 Å². The first-order valence-corrected chi connectivity index (χ1v) is 6.01. The summed E-state index contributed by atoms with van der Waals surface area (Å²) >= 11 is 1.71. The summed E-state index contributed by atoms with van der Waals surface area (Å²) in [7, 11) is 0. The molecule has 0 saturated heterocycles. The van der Waals surface area contributed by atoms with Crippen LogP contribution in [0.3, 0.4) is 0 Å². The Kier molecular flexibility index (Phi) is 5.05. The Hall–Kier alpha value is -0.610. The summed E-state index contributed by atoms with van der Waals surface area (Å²) in [6.07, 6.45) is -0.150. The molecule has 4 heteroatoms. The standard InChI is InChI=1S/C11H14F2OS/c1-2-15-6-5-11(14)8-3-4-9(12)10(13)7-8/h3-4,7,11,14H,2,5-6H2,1H3. The second-order valence-electron chi connectivity index (χ2n) is 3.17. The van der Waals surface area contributed by atoms with Crippen molar-refractivity contribution in [1.82, 2.24) is 0 Å². The predicted molar refractivity (Wildman–Crippen MR) is 58.9 cm³/mol. The average molecular weight is 232 g/mol. The van der Waals surface area contributed by atoms with Crippen LogP contribution in [0, 0.1) is 11.6 Å². The fraction of sp³-hybridized carbons (Fsp3) is 0.455. The summed E-state index contributed by atoms with van der Waals surface area (Å²) in [6, 6.07) is 3.51. The molecule has 0 saturated carbocycles. The van der Waals surface area contributed by atoms with Gasteiger partial charge >= 0.3 is 0 Å². The molecular formula is C11H14F2OS. The van der Waals surface area contributed by atoms with E-state index in [4.69, 9.17) is 0 Å². The molecule has 1 unspecified atom stereocenters. The van der Waals surface area contributed by atoms with Gasteiger partial charge in [0.25, 0.3) is 0 Å². The minimum atomic E-state index is -0.908. The second kappa shape index (κ2) is 6.08. The zero-order valence-corrected chi connectivity index (χ0v) is 9.36. The van der Waals surface area contributed by atoms with Crippen LogP contribution in [-0.4, -0.2) is 16.6 Å². The van der Waals surface area contributed by atoms with Crippen LogP contribution in [0.5, 0.6) is 0 Å². The number of hydrogen-bond donors (Lipinski definition) is 1. The van der Waals surface area contributed by atoms with Gasteiger partial charge in [0.15, 0.2) is 11.6 Å². The number of rotatable bonds is 5. The topological polar surface area (TPSA) is 20.2 Å². The van der Waals surface area contributed by atoms with Crippen LogP contribution >= 0.6 is 11.8 Å². The lowest BCUT2D eigenvalue weighted by atomic mass is 10.1. The molecule has 1 rings (SSSR count). The average Bonchev–Trinajstić information content (AvgIpc) is 2.22. The molecule has 1 aromatic carbocycles. The third-order valence-electron chi connectivity index (χ3n) is 2.07. The summed E-state index contributed by atoms with van der Waals surface area (Å²) in [6.45, 7) is 2.04. The smallest absolute Gasteiger partial charge is 0.159 e. The molecule has 0 heterocycles. The second-order valence-corrected chi connectivity index (χ2v) is 4.57. The van der Waals surface area contributed by atoms with E-state index in [2.05, 4.69) is 0 Å². The molecule has 84 valence electrons. The number of hydrogen-bond acceptors (Lipinski definition) is 2. The molecule has 0 spiro atoms. The Bertz CT molecular complexity index is 317. The van der Waals surface area contributed by atoms with Crippen molar-refractivity contribution in [2.45, 2.75) is 19.4 Å². The number of thioether (sulfide) groups is 1. The van der Waals surface area contributed by atoms with Crippen molar-refractivity contribution >= 4 is 11.8 Å². The van der Waals surface area contributed by atoms with Crippen LogP contribution in [0.25, 0.3) is 0 Å². The molecule has 1 nitrogen and oxygen atoms in total. The van der Waals surface area contributed by atoms with E-state index in [0.29, 0.717) is 12.0 Å². The molecule has 1 N–H and O–H groups in total. The van der Waals surface area contributed by atoms with Gasteiger partial charge < -0.3 is 5.11 Å². The van der Waals surface area contributed by atoms with Crippen LogP contribution in [-0.2, 0) is 0 Å². The van der Waals surface area contributed by atoms with Gasteiger partial charge in [0, 0.05) is 0 Å². The quantitative estimate of drug-likeness (QED) is 0.787. The lowest BCUT2D eigenvalue weighted by Crippen LogP contribution is -2.00. The summed E-state index contributed by atoms with van der Waals surface area (Å²) < 4.78 is 25.4. The van der Waals surface area contributed by atoms with Crippen molar-refractivity contribution < 1.29 is 13.9 Å². The number of aliphatic hydroxyl groups excluding tert-OH is 1. The normalized spacial score (nSPS) is 12.8. The Balaban J connectivity index is 2.57. The molecule has 15 heavy (non-hydrogen) atoms. The van der Waals surface area contributed by atoms with Gasteiger partial charge in [0.1, 0.15) is 0 Å². The Morgan fingerprint density at radius 2 is 2.07 bits per heavy atom. The van der Waals surface area contributed by atoms with Crippen molar-refractivity contribution in [2.24, 2.45) is 0 Å². The Labute approximate surface area is 92.5 Å². The van der Waals surface area contributed by atoms with Crippen LogP contribution in [0.1, 0.15) is 25.0 Å². The van der Waals surface area contributed by atoms with Crippen molar-refractivity contribution in [1.29, 1.82) is 0 Å². The van der Waals surface area contributed by atoms with Crippen LogP contribution in [0.4, 0.5) is 8.78 Å². The van der Waals surface area contributed by atoms with Gasteiger partial charge in [0.2, 0.25) is 0 Å². The summed E-state index contributed by atoms with van der Waals surface area (Å²) in [5.74, 6) is 0.0184. The highest BCUT2D eigenvalue weighted by molar-refractivity contribution is 7.99. The Morgan fingerprint density at radius 3 is 2.67 bits per heavy atom. The summed E-state index contributed by atoms with van der Waals surface area (Å²) in [5.41, 5.74) is 0.436.